The van der Waals surface area contributed by atoms with Crippen LogP contribution >= 0.6 is 11.8 Å². The van der Waals surface area contributed by atoms with Gasteiger partial charge in [-0.2, -0.15) is 5.10 Å². The maximum atomic E-state index is 5.19. The normalized spacial score (nSPS) is 17.3. The minimum Gasteiger partial charge on any atom is -0.463 e. The van der Waals surface area contributed by atoms with Crippen molar-refractivity contribution in [2.24, 2.45) is 5.10 Å². The van der Waals surface area contributed by atoms with E-state index in [2.05, 4.69) is 10.5 Å². The van der Waals surface area contributed by atoms with Crippen LogP contribution in [0.2, 0.25) is 0 Å². The number of hydrazone groups is 1. The van der Waals surface area contributed by atoms with E-state index in [0.717, 1.165) is 23.1 Å². The fraction of sp³-hybridized carbons (Fsp3) is 0.286. The summed E-state index contributed by atoms with van der Waals surface area (Å²) in [6.45, 7) is 0. The average Bonchev–Trinajstić information content (AvgIpc) is 2.58. The first-order valence-electron chi connectivity index (χ1n) is 3.38. The van der Waals surface area contributed by atoms with Gasteiger partial charge in [0.25, 0.3) is 0 Å². The van der Waals surface area contributed by atoms with Gasteiger partial charge < -0.3 is 4.42 Å². The Balaban J connectivity index is 2.22. The van der Waals surface area contributed by atoms with Crippen LogP contribution in [0.15, 0.2) is 27.9 Å². The Labute approximate surface area is 68.9 Å². The third-order valence-electron chi connectivity index (χ3n) is 1.43. The largest absolute Gasteiger partial charge is 0.463 e. The summed E-state index contributed by atoms with van der Waals surface area (Å²) in [5, 5.41) is 4.12. The molecule has 4 heteroatoms. The topological polar surface area (TPSA) is 37.5 Å². The highest BCUT2D eigenvalue weighted by atomic mass is 32.2. The molecule has 1 aliphatic heterocycles. The highest BCUT2D eigenvalue weighted by Gasteiger charge is 2.09. The minimum atomic E-state index is 0.865. The van der Waals surface area contributed by atoms with E-state index >= 15 is 0 Å². The van der Waals surface area contributed by atoms with Gasteiger partial charge in [0.15, 0.2) is 5.76 Å². The lowest BCUT2D eigenvalue weighted by atomic mass is 10.3. The number of thioether (sulfide) groups is 1. The zero-order chi connectivity index (χ0) is 7.52. The fourth-order valence-corrected chi connectivity index (χ4v) is 1.58. The summed E-state index contributed by atoms with van der Waals surface area (Å²) in [7, 11) is 0. The molecule has 0 atom stereocenters. The molecule has 0 radical (unpaired) electrons. The number of furan rings is 1. The Bertz CT molecular complexity index is 255. The van der Waals surface area contributed by atoms with Gasteiger partial charge in [0.2, 0.25) is 0 Å². The van der Waals surface area contributed by atoms with E-state index in [0.29, 0.717) is 0 Å². The van der Waals surface area contributed by atoms with E-state index in [-0.39, 0.29) is 0 Å². The van der Waals surface area contributed by atoms with Gasteiger partial charge in [-0.25, -0.2) is 0 Å². The Kier molecular flexibility index (Phi) is 1.85. The molecule has 0 bridgehead atoms. The molecule has 0 saturated heterocycles. The van der Waals surface area contributed by atoms with Crippen molar-refractivity contribution in [1.29, 1.82) is 0 Å². The number of nitrogens with zero attached hydrogens (tertiary/aromatic N) is 1. The van der Waals surface area contributed by atoms with Gasteiger partial charge >= 0.3 is 0 Å². The van der Waals surface area contributed by atoms with E-state index in [1.807, 2.05) is 12.1 Å². The molecule has 0 amide bonds. The van der Waals surface area contributed by atoms with Crippen molar-refractivity contribution in [3.63, 3.8) is 0 Å². The predicted octanol–water partition coefficient (Wildman–Crippen LogP) is 1.28. The van der Waals surface area contributed by atoms with Crippen LogP contribution in [0.5, 0.6) is 0 Å². The van der Waals surface area contributed by atoms with Gasteiger partial charge in [-0.3, -0.25) is 5.43 Å². The van der Waals surface area contributed by atoms with Crippen LogP contribution in [0.3, 0.4) is 0 Å². The molecular formula is C7H8N2OS. The maximum absolute atomic E-state index is 5.19. The molecule has 0 aromatic carbocycles. The molecule has 3 nitrogen and oxygen atoms in total. The van der Waals surface area contributed by atoms with Crippen LogP contribution in [0.4, 0.5) is 0 Å². The number of rotatable bonds is 1. The first kappa shape index (κ1) is 6.79. The maximum Gasteiger partial charge on any atom is 0.150 e. The Morgan fingerprint density at radius 1 is 1.64 bits per heavy atom. The third kappa shape index (κ3) is 1.40. The van der Waals surface area contributed by atoms with E-state index in [1.165, 1.54) is 0 Å². The van der Waals surface area contributed by atoms with E-state index in [1.54, 1.807) is 18.0 Å². The number of hydrogen-bond donors (Lipinski definition) is 1. The molecule has 11 heavy (non-hydrogen) atoms. The quantitative estimate of drug-likeness (QED) is 0.686. The summed E-state index contributed by atoms with van der Waals surface area (Å²) in [4.78, 5) is 0. The predicted molar refractivity (Wildman–Crippen MR) is 45.7 cm³/mol. The van der Waals surface area contributed by atoms with Crippen molar-refractivity contribution in [1.82, 2.24) is 5.43 Å². The lowest BCUT2D eigenvalue weighted by molar-refractivity contribution is 0.556. The van der Waals surface area contributed by atoms with Gasteiger partial charge in [0.1, 0.15) is 5.71 Å². The van der Waals surface area contributed by atoms with Gasteiger partial charge in [-0.1, -0.05) is 0 Å². The second-order valence-electron chi connectivity index (χ2n) is 2.19. The molecule has 1 N–H and O–H groups in total. The van der Waals surface area contributed by atoms with Crippen molar-refractivity contribution in [3.05, 3.63) is 24.2 Å². The zero-order valence-electron chi connectivity index (χ0n) is 5.91. The lowest BCUT2D eigenvalue weighted by Crippen LogP contribution is -2.19. The van der Waals surface area contributed by atoms with Crippen LogP contribution in [-0.2, 0) is 0 Å². The standard InChI is InChI=1S/C7H8N2OS/c1-2-7(10-3-1)6-4-11-5-8-9-6/h1-3,8H,4-5H2. The van der Waals surface area contributed by atoms with Crippen LogP contribution in [0.25, 0.3) is 0 Å². The monoisotopic (exact) mass is 168 g/mol. The highest BCUT2D eigenvalue weighted by molar-refractivity contribution is 8.00. The van der Waals surface area contributed by atoms with Crippen LogP contribution in [0, 0.1) is 0 Å². The van der Waals surface area contributed by atoms with Gasteiger partial charge in [-0.05, 0) is 12.1 Å². The molecule has 2 heterocycles. The lowest BCUT2D eigenvalue weighted by Gasteiger charge is -2.09. The zero-order valence-corrected chi connectivity index (χ0v) is 6.73. The van der Waals surface area contributed by atoms with Crippen molar-refractivity contribution in [2.45, 2.75) is 0 Å². The smallest absolute Gasteiger partial charge is 0.150 e. The Morgan fingerprint density at radius 3 is 3.27 bits per heavy atom. The summed E-state index contributed by atoms with van der Waals surface area (Å²) < 4.78 is 5.19. The third-order valence-corrected chi connectivity index (χ3v) is 2.24. The van der Waals surface area contributed by atoms with E-state index in [9.17, 15) is 0 Å². The van der Waals surface area contributed by atoms with Crippen molar-refractivity contribution in [2.75, 3.05) is 11.6 Å². The Hall–Kier alpha value is -0.900. The van der Waals surface area contributed by atoms with Crippen molar-refractivity contribution < 1.29 is 4.42 Å². The van der Waals surface area contributed by atoms with Crippen molar-refractivity contribution in [3.8, 4) is 0 Å². The Morgan fingerprint density at radius 2 is 2.64 bits per heavy atom. The summed E-state index contributed by atoms with van der Waals surface area (Å²) in [6, 6.07) is 3.80. The molecule has 0 spiro atoms. The minimum absolute atomic E-state index is 0.865. The van der Waals surface area contributed by atoms with Crippen LogP contribution in [-0.4, -0.2) is 17.3 Å². The van der Waals surface area contributed by atoms with E-state index in [4.69, 9.17) is 4.42 Å². The molecule has 1 aromatic heterocycles. The molecule has 1 aliphatic rings. The summed E-state index contributed by atoms with van der Waals surface area (Å²) in [5.41, 5.74) is 3.91. The van der Waals surface area contributed by atoms with Crippen molar-refractivity contribution >= 4 is 17.5 Å². The molecule has 58 valence electrons. The summed E-state index contributed by atoms with van der Waals surface area (Å²) >= 11 is 1.80. The number of hydrogen-bond acceptors (Lipinski definition) is 4. The van der Waals surface area contributed by atoms with Gasteiger partial charge in [0, 0.05) is 5.75 Å². The SMILES string of the molecule is c1coc(C2=NNCSC2)c1. The van der Waals surface area contributed by atoms with Crippen LogP contribution < -0.4 is 5.43 Å². The molecular weight excluding hydrogens is 160 g/mol. The fourth-order valence-electron chi connectivity index (χ4n) is 0.922. The first-order chi connectivity index (χ1) is 5.47. The molecule has 0 fully saturated rings. The van der Waals surface area contributed by atoms with Gasteiger partial charge in [-0.15, -0.1) is 11.8 Å². The highest BCUT2D eigenvalue weighted by Crippen LogP contribution is 2.10. The summed E-state index contributed by atoms with van der Waals surface area (Å²) in [5.74, 6) is 2.69. The number of nitrogens with one attached hydrogen (secondary N) is 1. The second kappa shape index (κ2) is 3.00. The molecule has 2 rings (SSSR count). The molecule has 1 aromatic rings. The first-order valence-corrected chi connectivity index (χ1v) is 4.53. The van der Waals surface area contributed by atoms with E-state index < -0.39 is 0 Å². The molecule has 0 saturated carbocycles. The average molecular weight is 168 g/mol. The van der Waals surface area contributed by atoms with Gasteiger partial charge in [0.05, 0.1) is 12.1 Å². The summed E-state index contributed by atoms with van der Waals surface area (Å²) in [6.07, 6.45) is 1.66. The second-order valence-corrected chi connectivity index (χ2v) is 3.17. The molecule has 0 unspecified atom stereocenters. The van der Waals surface area contributed by atoms with Crippen LogP contribution in [0.1, 0.15) is 5.76 Å². The molecule has 0 aliphatic carbocycles.